The average Bonchev–Trinajstić information content (AvgIpc) is 2.52. The molecule has 1 unspecified atom stereocenters. The van der Waals surface area contributed by atoms with Gasteiger partial charge in [0.2, 0.25) is 5.91 Å². The Morgan fingerprint density at radius 2 is 2.14 bits per heavy atom. The molecular weight excluding hydrogens is 280 g/mol. The van der Waals surface area contributed by atoms with Crippen molar-refractivity contribution in [3.8, 4) is 0 Å². The van der Waals surface area contributed by atoms with Crippen LogP contribution >= 0.6 is 0 Å². The third-order valence-corrected chi connectivity index (χ3v) is 3.63. The number of para-hydroxylation sites is 1. The molecule has 0 saturated carbocycles. The number of hydrogen-bond acceptors (Lipinski definition) is 4. The number of carbonyl (C=O) groups excluding carboxylic acids is 1. The first-order valence-corrected chi connectivity index (χ1v) is 7.48. The molecule has 0 aliphatic rings. The summed E-state index contributed by atoms with van der Waals surface area (Å²) >= 11 is 0. The second-order valence-electron chi connectivity index (χ2n) is 5.34. The van der Waals surface area contributed by atoms with E-state index in [0.29, 0.717) is 36.4 Å². The molecule has 2 N–H and O–H groups in total. The van der Waals surface area contributed by atoms with Gasteiger partial charge in [-0.3, -0.25) is 9.59 Å². The number of nitrogens with zero attached hydrogens (tertiary/aromatic N) is 2. The first kappa shape index (κ1) is 16.2. The Hall–Kier alpha value is -2.21. The van der Waals surface area contributed by atoms with Gasteiger partial charge in [-0.1, -0.05) is 19.1 Å². The molecule has 6 heteroatoms. The van der Waals surface area contributed by atoms with E-state index in [1.54, 1.807) is 23.1 Å². The molecule has 0 fully saturated rings. The van der Waals surface area contributed by atoms with E-state index in [1.165, 1.54) is 0 Å². The van der Waals surface area contributed by atoms with E-state index in [2.05, 4.69) is 15.3 Å². The van der Waals surface area contributed by atoms with Gasteiger partial charge in [-0.05, 0) is 26.1 Å². The van der Waals surface area contributed by atoms with E-state index < -0.39 is 0 Å². The minimum absolute atomic E-state index is 0.0488. The van der Waals surface area contributed by atoms with Crippen LogP contribution in [-0.4, -0.2) is 40.9 Å². The molecule has 0 aliphatic carbocycles. The smallest absolute Gasteiger partial charge is 0.258 e. The average molecular weight is 302 g/mol. The van der Waals surface area contributed by atoms with Gasteiger partial charge in [-0.25, -0.2) is 4.98 Å². The highest BCUT2D eigenvalue weighted by Gasteiger charge is 2.19. The molecule has 2 aromatic rings. The van der Waals surface area contributed by atoms with E-state index in [0.717, 1.165) is 0 Å². The Bertz CT molecular complexity index is 711. The van der Waals surface area contributed by atoms with Crippen LogP contribution in [0.5, 0.6) is 0 Å². The van der Waals surface area contributed by atoms with Gasteiger partial charge in [0.25, 0.3) is 5.56 Å². The molecular formula is C16H22N4O2. The lowest BCUT2D eigenvalue weighted by atomic mass is 10.1. The summed E-state index contributed by atoms with van der Waals surface area (Å²) in [5.41, 5.74) is 0.473. The van der Waals surface area contributed by atoms with E-state index in [9.17, 15) is 9.59 Å². The summed E-state index contributed by atoms with van der Waals surface area (Å²) in [6.45, 7) is 5.31. The second-order valence-corrected chi connectivity index (χ2v) is 5.34. The summed E-state index contributed by atoms with van der Waals surface area (Å²) in [6.07, 6.45) is 0. The van der Waals surface area contributed by atoms with Gasteiger partial charge in [0.1, 0.15) is 5.82 Å². The first-order chi connectivity index (χ1) is 10.6. The summed E-state index contributed by atoms with van der Waals surface area (Å²) < 4.78 is 0. The van der Waals surface area contributed by atoms with Crippen LogP contribution in [0.2, 0.25) is 0 Å². The Kier molecular flexibility index (Phi) is 5.27. The van der Waals surface area contributed by atoms with E-state index in [-0.39, 0.29) is 17.4 Å². The Morgan fingerprint density at radius 3 is 2.82 bits per heavy atom. The van der Waals surface area contributed by atoms with Crippen molar-refractivity contribution in [1.29, 1.82) is 0 Å². The molecule has 0 radical (unpaired) electrons. The normalized spacial score (nSPS) is 12.3. The van der Waals surface area contributed by atoms with Crippen molar-refractivity contribution in [1.82, 2.24) is 20.2 Å². The number of nitrogens with one attached hydrogen (secondary N) is 2. The number of carbonyl (C=O) groups is 1. The summed E-state index contributed by atoms with van der Waals surface area (Å²) in [7, 11) is 1.82. The van der Waals surface area contributed by atoms with Gasteiger partial charge in [0.05, 0.1) is 17.4 Å². The van der Waals surface area contributed by atoms with Crippen molar-refractivity contribution in [2.24, 2.45) is 5.92 Å². The molecule has 0 spiro atoms. The maximum absolute atomic E-state index is 12.4. The van der Waals surface area contributed by atoms with Crippen LogP contribution in [0.25, 0.3) is 10.9 Å². The summed E-state index contributed by atoms with van der Waals surface area (Å²) in [4.78, 5) is 33.4. The van der Waals surface area contributed by atoms with Crippen molar-refractivity contribution in [3.63, 3.8) is 0 Å². The fraction of sp³-hybridized carbons (Fsp3) is 0.438. The largest absolute Gasteiger partial charge is 0.335 e. The lowest BCUT2D eigenvalue weighted by Crippen LogP contribution is -2.38. The van der Waals surface area contributed by atoms with Gasteiger partial charge in [0.15, 0.2) is 0 Å². The maximum atomic E-state index is 12.4. The zero-order valence-electron chi connectivity index (χ0n) is 13.2. The molecule has 0 saturated heterocycles. The predicted octanol–water partition coefficient (Wildman–Crippen LogP) is 1.13. The van der Waals surface area contributed by atoms with Crippen LogP contribution in [0.15, 0.2) is 29.1 Å². The molecule has 1 amide bonds. The van der Waals surface area contributed by atoms with Crippen molar-refractivity contribution in [2.45, 2.75) is 20.4 Å². The van der Waals surface area contributed by atoms with Gasteiger partial charge in [-0.15, -0.1) is 0 Å². The SMILES string of the molecule is CCN(Cc1nc2ccccc2c(=O)[nH]1)C(=O)C(C)CNC. The van der Waals surface area contributed by atoms with Crippen LogP contribution in [-0.2, 0) is 11.3 Å². The quantitative estimate of drug-likeness (QED) is 0.838. The monoisotopic (exact) mass is 302 g/mol. The molecule has 6 nitrogen and oxygen atoms in total. The fourth-order valence-electron chi connectivity index (χ4n) is 2.44. The third kappa shape index (κ3) is 3.51. The lowest BCUT2D eigenvalue weighted by Gasteiger charge is -2.24. The zero-order valence-corrected chi connectivity index (χ0v) is 13.2. The first-order valence-electron chi connectivity index (χ1n) is 7.48. The maximum Gasteiger partial charge on any atom is 0.258 e. The number of benzene rings is 1. The van der Waals surface area contributed by atoms with Crippen molar-refractivity contribution < 1.29 is 4.79 Å². The van der Waals surface area contributed by atoms with Gasteiger partial charge < -0.3 is 15.2 Å². The minimum atomic E-state index is -0.174. The number of aromatic nitrogens is 2. The number of H-pyrrole nitrogens is 1. The lowest BCUT2D eigenvalue weighted by molar-refractivity contribution is -0.135. The number of hydrogen-bond donors (Lipinski definition) is 2. The minimum Gasteiger partial charge on any atom is -0.335 e. The number of fused-ring (bicyclic) bond motifs is 1. The molecule has 0 aliphatic heterocycles. The van der Waals surface area contributed by atoms with E-state index >= 15 is 0 Å². The molecule has 118 valence electrons. The number of aromatic amines is 1. The Labute approximate surface area is 129 Å². The van der Waals surface area contributed by atoms with Gasteiger partial charge >= 0.3 is 0 Å². The van der Waals surface area contributed by atoms with E-state index in [4.69, 9.17) is 0 Å². The third-order valence-electron chi connectivity index (χ3n) is 3.63. The van der Waals surface area contributed by atoms with Crippen molar-refractivity contribution in [3.05, 3.63) is 40.4 Å². The molecule has 22 heavy (non-hydrogen) atoms. The van der Waals surface area contributed by atoms with Crippen molar-refractivity contribution >= 4 is 16.8 Å². The zero-order chi connectivity index (χ0) is 16.1. The van der Waals surface area contributed by atoms with Crippen LogP contribution in [0.4, 0.5) is 0 Å². The summed E-state index contributed by atoms with van der Waals surface area (Å²) in [5.74, 6) is 0.445. The predicted molar refractivity (Wildman–Crippen MR) is 86.5 cm³/mol. The second kappa shape index (κ2) is 7.17. The fourth-order valence-corrected chi connectivity index (χ4v) is 2.44. The van der Waals surface area contributed by atoms with E-state index in [1.807, 2.05) is 27.0 Å². The van der Waals surface area contributed by atoms with Gasteiger partial charge in [0, 0.05) is 19.0 Å². The van der Waals surface area contributed by atoms with Crippen LogP contribution in [0.3, 0.4) is 0 Å². The highest BCUT2D eigenvalue weighted by molar-refractivity contribution is 5.79. The number of rotatable bonds is 6. The molecule has 1 heterocycles. The molecule has 1 atom stereocenters. The van der Waals surface area contributed by atoms with Crippen LogP contribution < -0.4 is 10.9 Å². The van der Waals surface area contributed by atoms with Crippen LogP contribution in [0, 0.1) is 5.92 Å². The molecule has 1 aromatic heterocycles. The highest BCUT2D eigenvalue weighted by Crippen LogP contribution is 2.09. The molecule has 1 aromatic carbocycles. The molecule has 2 rings (SSSR count). The molecule has 0 bridgehead atoms. The van der Waals surface area contributed by atoms with Crippen LogP contribution in [0.1, 0.15) is 19.7 Å². The van der Waals surface area contributed by atoms with Crippen molar-refractivity contribution in [2.75, 3.05) is 20.1 Å². The summed E-state index contributed by atoms with van der Waals surface area (Å²) in [5, 5.41) is 3.56. The standard InChI is InChI=1S/C16H22N4O2/c1-4-20(16(22)11(2)9-17-3)10-14-18-13-8-6-5-7-12(13)15(21)19-14/h5-8,11,17H,4,9-10H2,1-3H3,(H,18,19,21). The Balaban J connectivity index is 2.24. The van der Waals surface area contributed by atoms with Gasteiger partial charge in [-0.2, -0.15) is 0 Å². The Morgan fingerprint density at radius 1 is 1.41 bits per heavy atom. The number of amides is 1. The highest BCUT2D eigenvalue weighted by atomic mass is 16.2. The summed E-state index contributed by atoms with van der Waals surface area (Å²) in [6, 6.07) is 7.19. The topological polar surface area (TPSA) is 78.1 Å².